The fraction of sp³-hybridized carbons (Fsp3) is 0.600. The standard InChI is InChI=1S/C10H15ClN2S/c11-10-2-1-9(14-10)4-6-13-8-3-5-12-7-8/h1-2,8,12-13H,3-7H2. The van der Waals surface area contributed by atoms with Crippen LogP contribution in [-0.4, -0.2) is 25.7 Å². The number of nitrogens with one attached hydrogen (secondary N) is 2. The van der Waals surface area contributed by atoms with E-state index < -0.39 is 0 Å². The first-order valence-electron chi connectivity index (χ1n) is 5.03. The summed E-state index contributed by atoms with van der Waals surface area (Å²) in [6, 6.07) is 4.76. The van der Waals surface area contributed by atoms with Crippen molar-refractivity contribution < 1.29 is 0 Å². The maximum absolute atomic E-state index is 5.85. The first-order valence-corrected chi connectivity index (χ1v) is 6.22. The Morgan fingerprint density at radius 2 is 2.50 bits per heavy atom. The van der Waals surface area contributed by atoms with Gasteiger partial charge in [0, 0.05) is 24.0 Å². The van der Waals surface area contributed by atoms with Crippen molar-refractivity contribution in [2.45, 2.75) is 18.9 Å². The molecule has 0 radical (unpaired) electrons. The lowest BCUT2D eigenvalue weighted by atomic mass is 10.2. The molecule has 1 saturated heterocycles. The molecule has 2 rings (SSSR count). The highest BCUT2D eigenvalue weighted by atomic mass is 35.5. The number of hydrogen-bond donors (Lipinski definition) is 2. The van der Waals surface area contributed by atoms with E-state index in [9.17, 15) is 0 Å². The zero-order valence-corrected chi connectivity index (χ0v) is 9.63. The van der Waals surface area contributed by atoms with E-state index >= 15 is 0 Å². The van der Waals surface area contributed by atoms with E-state index in [-0.39, 0.29) is 0 Å². The highest BCUT2D eigenvalue weighted by molar-refractivity contribution is 7.16. The van der Waals surface area contributed by atoms with Gasteiger partial charge in [0.1, 0.15) is 0 Å². The van der Waals surface area contributed by atoms with E-state index in [0.29, 0.717) is 6.04 Å². The van der Waals surface area contributed by atoms with Gasteiger partial charge in [-0.15, -0.1) is 11.3 Å². The number of halogens is 1. The summed E-state index contributed by atoms with van der Waals surface area (Å²) in [5.41, 5.74) is 0. The van der Waals surface area contributed by atoms with Gasteiger partial charge >= 0.3 is 0 Å². The Kier molecular flexibility index (Phi) is 3.81. The van der Waals surface area contributed by atoms with Gasteiger partial charge in [0.25, 0.3) is 0 Å². The number of hydrogen-bond acceptors (Lipinski definition) is 3. The molecule has 1 atom stereocenters. The summed E-state index contributed by atoms with van der Waals surface area (Å²) in [5, 5.41) is 6.88. The number of thiophene rings is 1. The van der Waals surface area contributed by atoms with Crippen molar-refractivity contribution in [2.24, 2.45) is 0 Å². The van der Waals surface area contributed by atoms with Crippen LogP contribution in [0.4, 0.5) is 0 Å². The molecule has 1 fully saturated rings. The van der Waals surface area contributed by atoms with Crippen molar-refractivity contribution in [1.29, 1.82) is 0 Å². The third-order valence-corrected chi connectivity index (χ3v) is 3.78. The summed E-state index contributed by atoms with van der Waals surface area (Å²) in [4.78, 5) is 1.37. The molecule has 78 valence electrons. The average molecular weight is 231 g/mol. The molecule has 0 spiro atoms. The highest BCUT2D eigenvalue weighted by Gasteiger charge is 2.12. The summed E-state index contributed by atoms with van der Waals surface area (Å²) < 4.78 is 0.891. The molecular formula is C10H15ClN2S. The molecule has 0 aliphatic carbocycles. The lowest BCUT2D eigenvalue weighted by Gasteiger charge is -2.09. The van der Waals surface area contributed by atoms with Gasteiger partial charge in [-0.25, -0.2) is 0 Å². The molecule has 2 heterocycles. The first-order chi connectivity index (χ1) is 6.84. The fourth-order valence-corrected chi connectivity index (χ4v) is 2.80. The molecule has 2 N–H and O–H groups in total. The lowest BCUT2D eigenvalue weighted by molar-refractivity contribution is 0.551. The SMILES string of the molecule is Clc1ccc(CCNC2CCNC2)s1. The van der Waals surface area contributed by atoms with Crippen LogP contribution in [0.15, 0.2) is 12.1 Å². The topological polar surface area (TPSA) is 24.1 Å². The van der Waals surface area contributed by atoms with Gasteiger partial charge in [-0.3, -0.25) is 0 Å². The van der Waals surface area contributed by atoms with E-state index in [1.54, 1.807) is 11.3 Å². The van der Waals surface area contributed by atoms with Gasteiger partial charge in [-0.05, 0) is 31.5 Å². The Morgan fingerprint density at radius 1 is 1.57 bits per heavy atom. The largest absolute Gasteiger partial charge is 0.315 e. The van der Waals surface area contributed by atoms with Gasteiger partial charge in [0.2, 0.25) is 0 Å². The number of rotatable bonds is 4. The highest BCUT2D eigenvalue weighted by Crippen LogP contribution is 2.21. The Morgan fingerprint density at radius 3 is 3.14 bits per heavy atom. The van der Waals surface area contributed by atoms with Crippen molar-refractivity contribution >= 4 is 22.9 Å². The van der Waals surface area contributed by atoms with Crippen molar-refractivity contribution in [3.8, 4) is 0 Å². The second-order valence-electron chi connectivity index (χ2n) is 3.60. The minimum Gasteiger partial charge on any atom is -0.315 e. The van der Waals surface area contributed by atoms with Crippen LogP contribution in [0, 0.1) is 0 Å². The molecule has 14 heavy (non-hydrogen) atoms. The van der Waals surface area contributed by atoms with E-state index in [2.05, 4.69) is 16.7 Å². The van der Waals surface area contributed by atoms with Crippen molar-refractivity contribution in [2.75, 3.05) is 19.6 Å². The van der Waals surface area contributed by atoms with Gasteiger partial charge in [-0.1, -0.05) is 11.6 Å². The molecule has 1 unspecified atom stereocenters. The second kappa shape index (κ2) is 5.12. The van der Waals surface area contributed by atoms with Crippen LogP contribution in [0.3, 0.4) is 0 Å². The van der Waals surface area contributed by atoms with Gasteiger partial charge in [-0.2, -0.15) is 0 Å². The van der Waals surface area contributed by atoms with E-state index in [0.717, 1.165) is 30.4 Å². The molecule has 1 aliphatic heterocycles. The molecule has 0 bridgehead atoms. The molecule has 0 amide bonds. The van der Waals surface area contributed by atoms with E-state index in [1.807, 2.05) is 6.07 Å². The molecule has 1 aromatic heterocycles. The molecule has 2 nitrogen and oxygen atoms in total. The normalized spacial score (nSPS) is 21.6. The zero-order valence-electron chi connectivity index (χ0n) is 8.05. The summed E-state index contributed by atoms with van der Waals surface area (Å²) in [6.07, 6.45) is 2.35. The summed E-state index contributed by atoms with van der Waals surface area (Å²) in [5.74, 6) is 0. The predicted molar refractivity (Wildman–Crippen MR) is 62.3 cm³/mol. The van der Waals surface area contributed by atoms with Crippen molar-refractivity contribution in [3.05, 3.63) is 21.3 Å². The van der Waals surface area contributed by atoms with Crippen LogP contribution in [0.5, 0.6) is 0 Å². The van der Waals surface area contributed by atoms with Crippen LogP contribution >= 0.6 is 22.9 Å². The minimum atomic E-state index is 0.672. The molecular weight excluding hydrogens is 216 g/mol. The third-order valence-electron chi connectivity index (χ3n) is 2.49. The van der Waals surface area contributed by atoms with Crippen LogP contribution in [0.1, 0.15) is 11.3 Å². The maximum Gasteiger partial charge on any atom is 0.0931 e. The van der Waals surface area contributed by atoms with Gasteiger partial charge in [0.05, 0.1) is 4.34 Å². The van der Waals surface area contributed by atoms with E-state index in [4.69, 9.17) is 11.6 Å². The average Bonchev–Trinajstić information content (AvgIpc) is 2.77. The maximum atomic E-state index is 5.85. The first kappa shape index (κ1) is 10.4. The molecule has 0 aromatic carbocycles. The van der Waals surface area contributed by atoms with Gasteiger partial charge < -0.3 is 10.6 Å². The Bertz CT molecular complexity index is 281. The molecule has 1 aliphatic rings. The zero-order chi connectivity index (χ0) is 9.80. The van der Waals surface area contributed by atoms with Crippen LogP contribution in [-0.2, 0) is 6.42 Å². The molecule has 0 saturated carbocycles. The second-order valence-corrected chi connectivity index (χ2v) is 5.40. The smallest absolute Gasteiger partial charge is 0.0931 e. The lowest BCUT2D eigenvalue weighted by Crippen LogP contribution is -2.32. The van der Waals surface area contributed by atoms with Crippen LogP contribution < -0.4 is 10.6 Å². The Balaban J connectivity index is 1.67. The van der Waals surface area contributed by atoms with Crippen LogP contribution in [0.2, 0.25) is 4.34 Å². The van der Waals surface area contributed by atoms with Crippen molar-refractivity contribution in [1.82, 2.24) is 10.6 Å². The quantitative estimate of drug-likeness (QED) is 0.826. The molecule has 4 heteroatoms. The summed E-state index contributed by atoms with van der Waals surface area (Å²) in [7, 11) is 0. The predicted octanol–water partition coefficient (Wildman–Crippen LogP) is 1.90. The fourth-order valence-electron chi connectivity index (χ4n) is 1.71. The Hall–Kier alpha value is -0.0900. The third kappa shape index (κ3) is 2.95. The minimum absolute atomic E-state index is 0.672. The van der Waals surface area contributed by atoms with Crippen molar-refractivity contribution in [3.63, 3.8) is 0 Å². The van der Waals surface area contributed by atoms with Crippen LogP contribution in [0.25, 0.3) is 0 Å². The van der Waals surface area contributed by atoms with Gasteiger partial charge in [0.15, 0.2) is 0 Å². The summed E-state index contributed by atoms with van der Waals surface area (Å²) >= 11 is 7.53. The Labute approximate surface area is 93.7 Å². The molecule has 1 aromatic rings. The summed E-state index contributed by atoms with van der Waals surface area (Å²) in [6.45, 7) is 3.33. The van der Waals surface area contributed by atoms with E-state index in [1.165, 1.54) is 11.3 Å². The monoisotopic (exact) mass is 230 g/mol.